The fourth-order valence-electron chi connectivity index (χ4n) is 3.49. The average Bonchev–Trinajstić information content (AvgIpc) is 3.24. The molecule has 0 aliphatic heterocycles. The number of aromatic amines is 1. The van der Waals surface area contributed by atoms with Crippen LogP contribution >= 0.6 is 11.6 Å². The number of fused-ring (bicyclic) bond motifs is 1. The number of imidazole rings is 1. The number of nitrogens with zero attached hydrogens (tertiary/aromatic N) is 3. The van der Waals surface area contributed by atoms with Gasteiger partial charge in [0.1, 0.15) is 5.75 Å². The normalized spacial score (nSPS) is 14.0. The Morgan fingerprint density at radius 1 is 1.23 bits per heavy atom. The predicted octanol–water partition coefficient (Wildman–Crippen LogP) is 5.18. The van der Waals surface area contributed by atoms with Gasteiger partial charge in [-0.2, -0.15) is 5.10 Å². The molecule has 0 spiro atoms. The molecule has 158 valence electrons. The molecule has 0 radical (unpaired) electrons. The second kappa shape index (κ2) is 7.35. The van der Waals surface area contributed by atoms with Gasteiger partial charge >= 0.3 is 5.57 Å². The molecule has 10 heteroatoms. The van der Waals surface area contributed by atoms with Crippen LogP contribution in [0.1, 0.15) is 29.2 Å². The van der Waals surface area contributed by atoms with Crippen molar-refractivity contribution >= 4 is 34.2 Å². The highest BCUT2D eigenvalue weighted by atomic mass is 35.5. The van der Waals surface area contributed by atoms with Gasteiger partial charge in [-0.3, -0.25) is 9.89 Å². The molecule has 1 aliphatic rings. The van der Waals surface area contributed by atoms with Crippen LogP contribution in [0, 0.1) is 0 Å². The van der Waals surface area contributed by atoms with Crippen molar-refractivity contribution in [1.82, 2.24) is 19.7 Å². The van der Waals surface area contributed by atoms with E-state index >= 15 is 0 Å². The summed E-state index contributed by atoms with van der Waals surface area (Å²) < 4.78 is 31.9. The van der Waals surface area contributed by atoms with Crippen LogP contribution in [0.4, 0.5) is 14.5 Å². The summed E-state index contributed by atoms with van der Waals surface area (Å²) in [6.45, 7) is 0. The first-order chi connectivity index (χ1) is 14.9. The lowest BCUT2D eigenvalue weighted by Gasteiger charge is -2.12. The number of halogens is 3. The van der Waals surface area contributed by atoms with Crippen LogP contribution in [0.5, 0.6) is 5.75 Å². The maximum absolute atomic E-state index is 12.9. The average molecular weight is 444 g/mol. The van der Waals surface area contributed by atoms with Gasteiger partial charge in [0.15, 0.2) is 0 Å². The SMILES string of the molecule is O=C(Nc1ccc(OC(F)(F)Cl)cc1)c1cc(-c2ccn[nH]2)c2c(c1)ncn2C1CC1. The molecule has 1 saturated carbocycles. The Hall–Kier alpha value is -3.46. The van der Waals surface area contributed by atoms with Gasteiger partial charge < -0.3 is 14.6 Å². The van der Waals surface area contributed by atoms with E-state index in [1.807, 2.05) is 6.07 Å². The second-order valence-corrected chi connectivity index (χ2v) is 7.71. The Kier molecular flexibility index (Phi) is 4.62. The summed E-state index contributed by atoms with van der Waals surface area (Å²) in [7, 11) is 0. The first-order valence-electron chi connectivity index (χ1n) is 9.55. The summed E-state index contributed by atoms with van der Waals surface area (Å²) in [6, 6.07) is 11.3. The molecule has 2 heterocycles. The zero-order chi connectivity index (χ0) is 21.6. The topological polar surface area (TPSA) is 84.8 Å². The Balaban J connectivity index is 1.45. The molecule has 2 N–H and O–H groups in total. The van der Waals surface area contributed by atoms with Crippen LogP contribution in [0.3, 0.4) is 0 Å². The number of carbonyl (C=O) groups is 1. The third-order valence-electron chi connectivity index (χ3n) is 5.01. The fourth-order valence-corrected chi connectivity index (χ4v) is 3.58. The lowest BCUT2D eigenvalue weighted by Crippen LogP contribution is -2.16. The van der Waals surface area contributed by atoms with Crippen molar-refractivity contribution in [3.8, 4) is 17.0 Å². The van der Waals surface area contributed by atoms with Gasteiger partial charge in [-0.25, -0.2) is 4.98 Å². The number of aromatic nitrogens is 4. The number of ether oxygens (including phenoxy) is 1. The molecular weight excluding hydrogens is 428 g/mol. The quantitative estimate of drug-likeness (QED) is 0.402. The van der Waals surface area contributed by atoms with E-state index in [0.29, 0.717) is 22.8 Å². The van der Waals surface area contributed by atoms with Crippen molar-refractivity contribution in [3.05, 3.63) is 60.6 Å². The molecule has 0 atom stereocenters. The summed E-state index contributed by atoms with van der Waals surface area (Å²) in [5, 5.41) is 9.73. The maximum Gasteiger partial charge on any atom is 0.487 e. The Morgan fingerprint density at radius 3 is 2.65 bits per heavy atom. The molecule has 0 unspecified atom stereocenters. The van der Waals surface area contributed by atoms with Crippen molar-refractivity contribution < 1.29 is 18.3 Å². The molecule has 4 aromatic rings. The highest BCUT2D eigenvalue weighted by molar-refractivity contribution is 6.20. The standard InChI is InChI=1S/C21H16ClF2N5O2/c22-21(23,24)31-15-5-1-13(2-6-15)27-20(30)12-9-16(17-7-8-26-28-17)19-18(10-12)25-11-29(19)14-3-4-14/h1-2,5-11,14H,3-4H2,(H,26,28)(H,27,30). The molecule has 1 fully saturated rings. The van der Waals surface area contributed by atoms with Crippen molar-refractivity contribution in [2.24, 2.45) is 0 Å². The second-order valence-electron chi connectivity index (χ2n) is 7.27. The van der Waals surface area contributed by atoms with Crippen LogP contribution in [0.15, 0.2) is 55.0 Å². The Labute approximate surface area is 180 Å². The van der Waals surface area contributed by atoms with E-state index in [1.54, 1.807) is 24.7 Å². The summed E-state index contributed by atoms with van der Waals surface area (Å²) >= 11 is 4.76. The fraction of sp³-hybridized carbons (Fsp3) is 0.190. The highest BCUT2D eigenvalue weighted by Gasteiger charge is 2.28. The van der Waals surface area contributed by atoms with E-state index in [1.165, 1.54) is 24.3 Å². The minimum absolute atomic E-state index is 0.119. The zero-order valence-corrected chi connectivity index (χ0v) is 16.7. The van der Waals surface area contributed by atoms with Gasteiger partial charge in [0.05, 0.1) is 23.1 Å². The van der Waals surface area contributed by atoms with Gasteiger partial charge in [0.2, 0.25) is 0 Å². The van der Waals surface area contributed by atoms with Crippen LogP contribution < -0.4 is 10.1 Å². The minimum Gasteiger partial charge on any atom is -0.420 e. The molecule has 0 saturated heterocycles. The molecular formula is C21H16ClF2N5O2. The van der Waals surface area contributed by atoms with Crippen molar-refractivity contribution in [2.45, 2.75) is 24.5 Å². The minimum atomic E-state index is -3.80. The van der Waals surface area contributed by atoms with Crippen LogP contribution in [0.25, 0.3) is 22.3 Å². The van der Waals surface area contributed by atoms with E-state index in [4.69, 9.17) is 11.6 Å². The molecule has 0 bridgehead atoms. The molecule has 7 nitrogen and oxygen atoms in total. The first kappa shape index (κ1) is 19.5. The maximum atomic E-state index is 12.9. The number of benzene rings is 2. The molecule has 31 heavy (non-hydrogen) atoms. The van der Waals surface area contributed by atoms with Crippen LogP contribution in [0.2, 0.25) is 0 Å². The van der Waals surface area contributed by atoms with E-state index < -0.39 is 5.57 Å². The number of rotatable bonds is 6. The van der Waals surface area contributed by atoms with E-state index in [2.05, 4.69) is 29.8 Å². The molecule has 5 rings (SSSR count). The van der Waals surface area contributed by atoms with Gasteiger partial charge in [0.25, 0.3) is 5.91 Å². The number of amides is 1. The van der Waals surface area contributed by atoms with E-state index in [9.17, 15) is 13.6 Å². The first-order valence-corrected chi connectivity index (χ1v) is 9.93. The number of anilines is 1. The van der Waals surface area contributed by atoms with E-state index in [0.717, 1.165) is 29.6 Å². The lowest BCUT2D eigenvalue weighted by atomic mass is 10.0. The summed E-state index contributed by atoms with van der Waals surface area (Å²) in [5.41, 5.74) is 0.299. The summed E-state index contributed by atoms with van der Waals surface area (Å²) in [4.78, 5) is 17.4. The largest absolute Gasteiger partial charge is 0.487 e. The van der Waals surface area contributed by atoms with Crippen molar-refractivity contribution in [1.29, 1.82) is 0 Å². The number of H-pyrrole nitrogens is 1. The van der Waals surface area contributed by atoms with Crippen molar-refractivity contribution in [2.75, 3.05) is 5.32 Å². The Morgan fingerprint density at radius 2 is 2.00 bits per heavy atom. The zero-order valence-electron chi connectivity index (χ0n) is 16.0. The van der Waals surface area contributed by atoms with Gasteiger partial charge in [-0.05, 0) is 55.3 Å². The van der Waals surface area contributed by atoms with Gasteiger partial charge in [0, 0.05) is 40.7 Å². The predicted molar refractivity (Wildman–Crippen MR) is 111 cm³/mol. The lowest BCUT2D eigenvalue weighted by molar-refractivity contribution is -0.0964. The molecule has 2 aromatic heterocycles. The molecule has 1 amide bonds. The van der Waals surface area contributed by atoms with Gasteiger partial charge in [-0.15, -0.1) is 8.78 Å². The number of hydrogen-bond donors (Lipinski definition) is 2. The molecule has 2 aromatic carbocycles. The number of hydrogen-bond acceptors (Lipinski definition) is 4. The van der Waals surface area contributed by atoms with Crippen molar-refractivity contribution in [3.63, 3.8) is 0 Å². The highest BCUT2D eigenvalue weighted by Crippen LogP contribution is 2.40. The smallest absolute Gasteiger partial charge is 0.420 e. The summed E-state index contributed by atoms with van der Waals surface area (Å²) in [5.74, 6) is -0.480. The third kappa shape index (κ3) is 4.09. The number of carbonyl (C=O) groups excluding carboxylic acids is 1. The van der Waals surface area contributed by atoms with Gasteiger partial charge in [-0.1, -0.05) is 0 Å². The van der Waals surface area contributed by atoms with Crippen LogP contribution in [-0.2, 0) is 0 Å². The Bertz CT molecular complexity index is 1250. The van der Waals surface area contributed by atoms with E-state index in [-0.39, 0.29) is 11.7 Å². The molecule has 1 aliphatic carbocycles. The number of nitrogens with one attached hydrogen (secondary N) is 2. The van der Waals surface area contributed by atoms with Crippen LogP contribution in [-0.4, -0.2) is 31.2 Å². The summed E-state index contributed by atoms with van der Waals surface area (Å²) in [6.07, 6.45) is 5.66. The third-order valence-corrected chi connectivity index (χ3v) is 5.09. The monoisotopic (exact) mass is 443 g/mol. The number of alkyl halides is 3.